The SMILES string of the molecule is C=CC1=C(/N=C(\C)C(C)C)CC(C(=C)C)=CN(C)C1. The lowest BCUT2D eigenvalue weighted by Gasteiger charge is -2.14. The Labute approximate surface area is 117 Å². The predicted molar refractivity (Wildman–Crippen MR) is 85.3 cm³/mol. The topological polar surface area (TPSA) is 15.6 Å². The van der Waals surface area contributed by atoms with Crippen LogP contribution in [0.2, 0.25) is 0 Å². The summed E-state index contributed by atoms with van der Waals surface area (Å²) in [6.45, 7) is 17.3. The fourth-order valence-corrected chi connectivity index (χ4v) is 1.91. The molecular weight excluding hydrogens is 232 g/mol. The van der Waals surface area contributed by atoms with Gasteiger partial charge in [-0.2, -0.15) is 0 Å². The minimum absolute atomic E-state index is 0.469. The Morgan fingerprint density at radius 2 is 2.05 bits per heavy atom. The Morgan fingerprint density at radius 3 is 2.53 bits per heavy atom. The Kier molecular flexibility index (Phi) is 5.34. The first-order valence-corrected chi connectivity index (χ1v) is 6.81. The molecule has 1 aliphatic rings. The molecule has 0 saturated carbocycles. The highest BCUT2D eigenvalue weighted by molar-refractivity contribution is 5.84. The van der Waals surface area contributed by atoms with Gasteiger partial charge in [-0.3, -0.25) is 4.99 Å². The van der Waals surface area contributed by atoms with Crippen molar-refractivity contribution in [2.45, 2.75) is 34.1 Å². The average molecular weight is 258 g/mol. The van der Waals surface area contributed by atoms with Crippen LogP contribution in [0.3, 0.4) is 0 Å². The number of hydrogen-bond donors (Lipinski definition) is 0. The van der Waals surface area contributed by atoms with Crippen LogP contribution in [0.1, 0.15) is 34.1 Å². The highest BCUT2D eigenvalue weighted by Gasteiger charge is 2.14. The van der Waals surface area contributed by atoms with Crippen LogP contribution in [-0.2, 0) is 0 Å². The summed E-state index contributed by atoms with van der Waals surface area (Å²) in [5, 5.41) is 0. The third-order valence-electron chi connectivity index (χ3n) is 3.47. The van der Waals surface area contributed by atoms with Gasteiger partial charge < -0.3 is 4.90 Å². The van der Waals surface area contributed by atoms with Crippen molar-refractivity contribution in [1.29, 1.82) is 0 Å². The molecule has 0 radical (unpaired) electrons. The van der Waals surface area contributed by atoms with E-state index in [1.807, 2.05) is 6.08 Å². The minimum atomic E-state index is 0.469. The smallest absolute Gasteiger partial charge is 0.0497 e. The summed E-state index contributed by atoms with van der Waals surface area (Å²) in [7, 11) is 2.08. The molecule has 104 valence electrons. The molecule has 0 aromatic rings. The summed E-state index contributed by atoms with van der Waals surface area (Å²) in [5.41, 5.74) is 5.84. The molecule has 0 N–H and O–H groups in total. The van der Waals surface area contributed by atoms with Crippen LogP contribution >= 0.6 is 0 Å². The lowest BCUT2D eigenvalue weighted by Crippen LogP contribution is -2.13. The molecule has 1 rings (SSSR count). The van der Waals surface area contributed by atoms with Gasteiger partial charge >= 0.3 is 0 Å². The fraction of sp³-hybridized carbons (Fsp3) is 0.471. The molecule has 2 heteroatoms. The van der Waals surface area contributed by atoms with Gasteiger partial charge in [-0.25, -0.2) is 0 Å². The van der Waals surface area contributed by atoms with E-state index in [2.05, 4.69) is 59.0 Å². The lowest BCUT2D eigenvalue weighted by atomic mass is 10.0. The normalized spacial score (nSPS) is 17.5. The molecule has 0 aromatic carbocycles. The molecule has 1 aliphatic heterocycles. The van der Waals surface area contributed by atoms with Crippen LogP contribution in [-0.4, -0.2) is 24.2 Å². The third-order valence-corrected chi connectivity index (χ3v) is 3.47. The minimum Gasteiger partial charge on any atom is -0.376 e. The fourth-order valence-electron chi connectivity index (χ4n) is 1.91. The lowest BCUT2D eigenvalue weighted by molar-refractivity contribution is 0.500. The van der Waals surface area contributed by atoms with Gasteiger partial charge in [0, 0.05) is 37.6 Å². The van der Waals surface area contributed by atoms with E-state index in [1.165, 1.54) is 16.9 Å². The molecule has 19 heavy (non-hydrogen) atoms. The van der Waals surface area contributed by atoms with Gasteiger partial charge in [0.1, 0.15) is 0 Å². The summed E-state index contributed by atoms with van der Waals surface area (Å²) in [4.78, 5) is 7.01. The second-order valence-corrected chi connectivity index (χ2v) is 5.61. The Bertz CT molecular complexity index is 462. The van der Waals surface area contributed by atoms with Crippen molar-refractivity contribution in [1.82, 2.24) is 4.90 Å². The highest BCUT2D eigenvalue weighted by Crippen LogP contribution is 2.26. The second kappa shape index (κ2) is 6.55. The molecule has 0 aromatic heterocycles. The maximum atomic E-state index is 4.83. The Morgan fingerprint density at radius 1 is 1.42 bits per heavy atom. The van der Waals surface area contributed by atoms with E-state index in [9.17, 15) is 0 Å². The van der Waals surface area contributed by atoms with E-state index in [-0.39, 0.29) is 0 Å². The molecule has 0 saturated heterocycles. The Hall–Kier alpha value is -1.57. The molecule has 0 aliphatic carbocycles. The molecule has 2 nitrogen and oxygen atoms in total. The van der Waals surface area contributed by atoms with Gasteiger partial charge in [-0.15, -0.1) is 0 Å². The molecule has 1 heterocycles. The largest absolute Gasteiger partial charge is 0.376 e. The van der Waals surface area contributed by atoms with Crippen molar-refractivity contribution in [2.75, 3.05) is 13.6 Å². The van der Waals surface area contributed by atoms with Crippen molar-refractivity contribution < 1.29 is 0 Å². The Balaban J connectivity index is 3.22. The first kappa shape index (κ1) is 15.5. The third kappa shape index (κ3) is 4.23. The second-order valence-electron chi connectivity index (χ2n) is 5.61. The van der Waals surface area contributed by atoms with Crippen LogP contribution in [0.25, 0.3) is 0 Å². The standard InChI is InChI=1S/C17H26N2/c1-8-15-10-19(7)11-16(13(4)5)9-17(15)18-14(6)12(2)3/h8,11-12H,1,4,9-10H2,2-3,5-7H3/b18-14+. The molecular formula is C17H26N2. The van der Waals surface area contributed by atoms with Gasteiger partial charge in [-0.05, 0) is 30.9 Å². The highest BCUT2D eigenvalue weighted by atomic mass is 15.1. The van der Waals surface area contributed by atoms with Crippen LogP contribution in [0, 0.1) is 5.92 Å². The zero-order chi connectivity index (χ0) is 14.6. The summed E-state index contributed by atoms with van der Waals surface area (Å²) in [6, 6.07) is 0. The van der Waals surface area contributed by atoms with E-state index in [0.717, 1.165) is 24.2 Å². The molecule has 0 amide bonds. The molecule has 0 spiro atoms. The zero-order valence-corrected chi connectivity index (χ0v) is 13.0. The van der Waals surface area contributed by atoms with Crippen LogP contribution in [0.15, 0.2) is 52.8 Å². The quantitative estimate of drug-likeness (QED) is 0.685. The number of aliphatic imine (C=N–C) groups is 1. The molecule has 0 atom stereocenters. The van der Waals surface area contributed by atoms with Gasteiger partial charge in [0.05, 0.1) is 0 Å². The number of hydrogen-bond acceptors (Lipinski definition) is 2. The van der Waals surface area contributed by atoms with Gasteiger partial charge in [0.15, 0.2) is 0 Å². The molecule has 0 bridgehead atoms. The predicted octanol–water partition coefficient (Wildman–Crippen LogP) is 4.34. The van der Waals surface area contributed by atoms with Crippen LogP contribution in [0.4, 0.5) is 0 Å². The summed E-state index contributed by atoms with van der Waals surface area (Å²) >= 11 is 0. The average Bonchev–Trinajstić information content (AvgIpc) is 2.48. The zero-order valence-electron chi connectivity index (χ0n) is 13.0. The summed E-state index contributed by atoms with van der Waals surface area (Å²) in [5.74, 6) is 0.469. The van der Waals surface area contributed by atoms with E-state index in [1.54, 1.807) is 0 Å². The van der Waals surface area contributed by atoms with E-state index in [4.69, 9.17) is 4.99 Å². The summed E-state index contributed by atoms with van der Waals surface area (Å²) < 4.78 is 0. The van der Waals surface area contributed by atoms with Crippen molar-refractivity contribution >= 4 is 5.71 Å². The van der Waals surface area contributed by atoms with Gasteiger partial charge in [0.2, 0.25) is 0 Å². The van der Waals surface area contributed by atoms with Gasteiger partial charge in [-0.1, -0.05) is 38.7 Å². The van der Waals surface area contributed by atoms with Crippen molar-refractivity contribution in [3.8, 4) is 0 Å². The van der Waals surface area contributed by atoms with Crippen LogP contribution in [0.5, 0.6) is 0 Å². The molecule has 0 unspecified atom stereocenters. The van der Waals surface area contributed by atoms with Gasteiger partial charge in [0.25, 0.3) is 0 Å². The number of rotatable bonds is 4. The van der Waals surface area contributed by atoms with E-state index < -0.39 is 0 Å². The summed E-state index contributed by atoms with van der Waals surface area (Å²) in [6.07, 6.45) is 4.93. The van der Waals surface area contributed by atoms with Crippen molar-refractivity contribution in [2.24, 2.45) is 10.9 Å². The van der Waals surface area contributed by atoms with E-state index in [0.29, 0.717) is 5.92 Å². The maximum absolute atomic E-state index is 4.83. The number of likely N-dealkylation sites (N-methyl/N-ethyl adjacent to an activating group) is 1. The first-order valence-electron chi connectivity index (χ1n) is 6.81. The van der Waals surface area contributed by atoms with E-state index >= 15 is 0 Å². The molecule has 0 fully saturated rings. The number of allylic oxidation sites excluding steroid dienone is 2. The van der Waals surface area contributed by atoms with Crippen molar-refractivity contribution in [3.63, 3.8) is 0 Å². The maximum Gasteiger partial charge on any atom is 0.0497 e. The monoisotopic (exact) mass is 258 g/mol. The number of nitrogens with zero attached hydrogens (tertiary/aromatic N) is 2. The van der Waals surface area contributed by atoms with Crippen LogP contribution < -0.4 is 0 Å². The van der Waals surface area contributed by atoms with Crippen molar-refractivity contribution in [3.05, 3.63) is 47.9 Å². The first-order chi connectivity index (χ1) is 8.85.